The van der Waals surface area contributed by atoms with Crippen LogP contribution in [0.3, 0.4) is 0 Å². The monoisotopic (exact) mass is 140 g/mol. The van der Waals surface area contributed by atoms with Crippen molar-refractivity contribution >= 4 is 5.69 Å². The first-order valence-corrected chi connectivity index (χ1v) is 2.98. The molecule has 0 radical (unpaired) electrons. The number of hydrogen-bond acceptors (Lipinski definition) is 2. The largest absolute Gasteiger partial charge is 0.508 e. The number of rotatable bonds is 2. The molecule has 1 aromatic rings. The molecule has 1 aromatic carbocycles. The molecule has 0 atom stereocenters. The predicted octanol–water partition coefficient (Wildman–Crippen LogP) is 0.148. The molecular weight excluding hydrogens is 130 g/mol. The molecule has 0 amide bonds. The van der Waals surface area contributed by atoms with Crippen molar-refractivity contribution in [1.29, 1.82) is 0 Å². The Bertz CT molecular complexity index is 195. The molecule has 0 spiro atoms. The molecule has 3 heteroatoms. The zero-order valence-electron chi connectivity index (χ0n) is 5.74. The minimum absolute atomic E-state index is 0.272. The summed E-state index contributed by atoms with van der Waals surface area (Å²) in [6.45, 7) is 0. The Hall–Kier alpha value is -1.06. The molecule has 0 heterocycles. The Morgan fingerprint density at radius 1 is 1.30 bits per heavy atom. The molecule has 0 aliphatic heterocycles. The second kappa shape index (κ2) is 3.20. The molecule has 0 saturated heterocycles. The van der Waals surface area contributed by atoms with E-state index >= 15 is 0 Å². The van der Waals surface area contributed by atoms with Gasteiger partial charge in [0, 0.05) is 12.1 Å². The number of phenolic OH excluding ortho intramolecular Hbond substituents is 1. The first-order valence-electron chi connectivity index (χ1n) is 2.98. The van der Waals surface area contributed by atoms with E-state index in [1.165, 1.54) is 0 Å². The number of hydrogen-bond donors (Lipinski definition) is 2. The zero-order chi connectivity index (χ0) is 7.40. The van der Waals surface area contributed by atoms with Gasteiger partial charge < -0.3 is 5.11 Å². The van der Waals surface area contributed by atoms with E-state index in [9.17, 15) is 0 Å². The van der Waals surface area contributed by atoms with Gasteiger partial charge in [0.1, 0.15) is 5.75 Å². The van der Waals surface area contributed by atoms with Crippen molar-refractivity contribution in [2.75, 3.05) is 7.11 Å². The molecule has 1 rings (SSSR count). The van der Waals surface area contributed by atoms with Crippen molar-refractivity contribution in [2.24, 2.45) is 0 Å². The molecule has 0 bridgehead atoms. The maximum absolute atomic E-state index is 8.87. The van der Waals surface area contributed by atoms with Crippen LogP contribution in [0.5, 0.6) is 5.75 Å². The lowest BCUT2D eigenvalue weighted by Crippen LogP contribution is -2.75. The van der Waals surface area contributed by atoms with E-state index < -0.39 is 0 Å². The van der Waals surface area contributed by atoms with Crippen LogP contribution in [0.25, 0.3) is 0 Å². The van der Waals surface area contributed by atoms with Crippen molar-refractivity contribution in [2.45, 2.75) is 0 Å². The fourth-order valence-electron chi connectivity index (χ4n) is 0.689. The summed E-state index contributed by atoms with van der Waals surface area (Å²) in [4.78, 5) is 4.76. The van der Waals surface area contributed by atoms with Crippen LogP contribution in [0.2, 0.25) is 0 Å². The highest BCUT2D eigenvalue weighted by Crippen LogP contribution is 2.08. The summed E-state index contributed by atoms with van der Waals surface area (Å²) in [7, 11) is 1.59. The highest BCUT2D eigenvalue weighted by molar-refractivity contribution is 5.33. The highest BCUT2D eigenvalue weighted by Gasteiger charge is 1.93. The van der Waals surface area contributed by atoms with Gasteiger partial charge >= 0.3 is 0 Å². The first-order chi connectivity index (χ1) is 4.83. The molecular formula is C7H10NO2+. The summed E-state index contributed by atoms with van der Waals surface area (Å²) in [5.74, 6) is 0.272. The van der Waals surface area contributed by atoms with Crippen LogP contribution in [0, 0.1) is 0 Å². The first kappa shape index (κ1) is 7.05. The lowest BCUT2D eigenvalue weighted by atomic mass is 10.3. The maximum atomic E-state index is 8.87. The van der Waals surface area contributed by atoms with Gasteiger partial charge in [0.2, 0.25) is 0 Å². The van der Waals surface area contributed by atoms with Gasteiger partial charge in [-0.15, -0.1) is 0 Å². The third kappa shape index (κ3) is 1.72. The molecule has 0 unspecified atom stereocenters. The van der Waals surface area contributed by atoms with E-state index in [1.807, 2.05) is 0 Å². The Morgan fingerprint density at radius 2 is 1.90 bits per heavy atom. The van der Waals surface area contributed by atoms with Gasteiger partial charge in [0.25, 0.3) is 0 Å². The van der Waals surface area contributed by atoms with Crippen LogP contribution in [-0.4, -0.2) is 12.2 Å². The van der Waals surface area contributed by atoms with Crippen molar-refractivity contribution in [3.8, 4) is 5.75 Å². The average molecular weight is 140 g/mol. The van der Waals surface area contributed by atoms with Crippen molar-refractivity contribution in [3.63, 3.8) is 0 Å². The summed E-state index contributed by atoms with van der Waals surface area (Å²) in [5.41, 5.74) is 2.56. The van der Waals surface area contributed by atoms with Crippen molar-refractivity contribution in [3.05, 3.63) is 24.3 Å². The zero-order valence-corrected chi connectivity index (χ0v) is 5.74. The Balaban J connectivity index is 2.69. The van der Waals surface area contributed by atoms with Gasteiger partial charge in [-0.1, -0.05) is 0 Å². The second-order valence-corrected chi connectivity index (χ2v) is 1.95. The van der Waals surface area contributed by atoms with E-state index in [2.05, 4.69) is 0 Å². The summed E-state index contributed by atoms with van der Waals surface area (Å²) in [5, 5.41) is 8.87. The molecule has 3 nitrogen and oxygen atoms in total. The minimum atomic E-state index is 0.272. The average Bonchev–Trinajstić information content (AvgIpc) is 1.95. The summed E-state index contributed by atoms with van der Waals surface area (Å²) >= 11 is 0. The molecule has 0 aromatic heterocycles. The number of nitrogens with two attached hydrogens (primary N) is 1. The minimum Gasteiger partial charge on any atom is -0.508 e. The van der Waals surface area contributed by atoms with E-state index in [-0.39, 0.29) is 5.75 Å². The Morgan fingerprint density at radius 3 is 2.40 bits per heavy atom. The van der Waals surface area contributed by atoms with Crippen LogP contribution in [0.4, 0.5) is 5.69 Å². The van der Waals surface area contributed by atoms with Gasteiger partial charge in [-0.25, -0.2) is 4.84 Å². The van der Waals surface area contributed by atoms with Crippen molar-refractivity contribution in [1.82, 2.24) is 0 Å². The molecule has 0 saturated carbocycles. The standard InChI is InChI=1S/C7H9NO2/c1-10-8-6-2-4-7(9)5-3-6/h2-5,8-9H,1H3/p+1. The van der Waals surface area contributed by atoms with E-state index in [4.69, 9.17) is 9.94 Å². The summed E-state index contributed by atoms with van der Waals surface area (Å²) < 4.78 is 0. The maximum Gasteiger partial charge on any atom is 0.162 e. The quantitative estimate of drug-likeness (QED) is 0.349. The van der Waals surface area contributed by atoms with Crippen LogP contribution in [0.15, 0.2) is 24.3 Å². The SMILES string of the molecule is CO[NH2+]c1ccc(O)cc1. The molecule has 3 N–H and O–H groups in total. The third-order valence-electron chi connectivity index (χ3n) is 1.15. The number of quaternary nitrogens is 1. The van der Waals surface area contributed by atoms with Gasteiger partial charge in [0.15, 0.2) is 5.69 Å². The van der Waals surface area contributed by atoms with Crippen LogP contribution >= 0.6 is 0 Å². The number of aromatic hydroxyl groups is 1. The third-order valence-corrected chi connectivity index (χ3v) is 1.15. The summed E-state index contributed by atoms with van der Waals surface area (Å²) in [6.07, 6.45) is 0. The molecule has 0 aliphatic rings. The van der Waals surface area contributed by atoms with Crippen LogP contribution < -0.4 is 5.48 Å². The fourth-order valence-corrected chi connectivity index (χ4v) is 0.689. The lowest BCUT2D eigenvalue weighted by Gasteiger charge is -1.94. The Labute approximate surface area is 59.2 Å². The second-order valence-electron chi connectivity index (χ2n) is 1.95. The molecule has 0 fully saturated rings. The lowest BCUT2D eigenvalue weighted by molar-refractivity contribution is -0.830. The molecule has 10 heavy (non-hydrogen) atoms. The van der Waals surface area contributed by atoms with Crippen molar-refractivity contribution < 1.29 is 15.4 Å². The van der Waals surface area contributed by atoms with Gasteiger partial charge in [-0.3, -0.25) is 0 Å². The number of phenols is 1. The van der Waals surface area contributed by atoms with E-state index in [0.29, 0.717) is 0 Å². The highest BCUT2D eigenvalue weighted by atomic mass is 16.6. The van der Waals surface area contributed by atoms with Gasteiger partial charge in [0.05, 0.1) is 7.11 Å². The van der Waals surface area contributed by atoms with Gasteiger partial charge in [-0.05, 0) is 12.1 Å². The van der Waals surface area contributed by atoms with Gasteiger partial charge in [-0.2, -0.15) is 5.48 Å². The predicted molar refractivity (Wildman–Crippen MR) is 36.7 cm³/mol. The molecule has 0 aliphatic carbocycles. The smallest absolute Gasteiger partial charge is 0.162 e. The number of benzene rings is 1. The summed E-state index contributed by atoms with van der Waals surface area (Å²) in [6, 6.07) is 6.79. The topological polar surface area (TPSA) is 46.1 Å². The molecule has 54 valence electrons. The van der Waals surface area contributed by atoms with E-state index in [1.54, 1.807) is 36.9 Å². The fraction of sp³-hybridized carbons (Fsp3) is 0.143. The van der Waals surface area contributed by atoms with Crippen LogP contribution in [-0.2, 0) is 4.84 Å². The van der Waals surface area contributed by atoms with Crippen LogP contribution in [0.1, 0.15) is 0 Å². The van der Waals surface area contributed by atoms with E-state index in [0.717, 1.165) is 5.69 Å². The Kier molecular flexibility index (Phi) is 2.25. The normalized spacial score (nSPS) is 9.70.